The van der Waals surface area contributed by atoms with Crippen molar-refractivity contribution in [2.24, 2.45) is 0 Å². The lowest BCUT2D eigenvalue weighted by Crippen LogP contribution is -2.09. The van der Waals surface area contributed by atoms with Crippen LogP contribution in [0.2, 0.25) is 10.0 Å². The Morgan fingerprint density at radius 3 is 2.74 bits per heavy atom. The number of rotatable bonds is 4. The van der Waals surface area contributed by atoms with Gasteiger partial charge in [0.2, 0.25) is 0 Å². The van der Waals surface area contributed by atoms with Crippen LogP contribution >= 0.6 is 23.2 Å². The van der Waals surface area contributed by atoms with Gasteiger partial charge in [0.25, 0.3) is 0 Å². The molecule has 3 nitrogen and oxygen atoms in total. The van der Waals surface area contributed by atoms with Crippen molar-refractivity contribution in [3.05, 3.63) is 45.4 Å². The van der Waals surface area contributed by atoms with E-state index in [0.717, 1.165) is 11.4 Å². The zero-order chi connectivity index (χ0) is 14.0. The predicted molar refractivity (Wildman–Crippen MR) is 76.4 cm³/mol. The standard InChI is InChI=1S/C13H14Cl2FN3/c1-3-19-11(12(15)8(2)18-19)7-17-13-9(14)5-4-6-10(13)16/h4-6,17H,3,7H2,1-2H3. The van der Waals surface area contributed by atoms with Gasteiger partial charge in [-0.3, -0.25) is 4.68 Å². The van der Waals surface area contributed by atoms with Crippen LogP contribution in [0.4, 0.5) is 10.1 Å². The Morgan fingerprint density at radius 1 is 1.37 bits per heavy atom. The number of aromatic nitrogens is 2. The van der Waals surface area contributed by atoms with Gasteiger partial charge < -0.3 is 5.32 Å². The lowest BCUT2D eigenvalue weighted by molar-refractivity contribution is 0.616. The molecule has 19 heavy (non-hydrogen) atoms. The average molecular weight is 302 g/mol. The topological polar surface area (TPSA) is 29.9 Å². The van der Waals surface area contributed by atoms with E-state index in [4.69, 9.17) is 23.2 Å². The Hall–Kier alpha value is -1.26. The van der Waals surface area contributed by atoms with Gasteiger partial charge in [-0.05, 0) is 26.0 Å². The lowest BCUT2D eigenvalue weighted by atomic mass is 10.3. The molecule has 102 valence electrons. The average Bonchev–Trinajstić information content (AvgIpc) is 2.65. The van der Waals surface area contributed by atoms with Crippen molar-refractivity contribution in [2.75, 3.05) is 5.32 Å². The Labute approximate surface area is 121 Å². The molecule has 1 aromatic heterocycles. The highest BCUT2D eigenvalue weighted by atomic mass is 35.5. The van der Waals surface area contributed by atoms with Crippen molar-refractivity contribution in [3.8, 4) is 0 Å². The van der Waals surface area contributed by atoms with Gasteiger partial charge in [0.05, 0.1) is 33.7 Å². The molecule has 0 fully saturated rings. The highest BCUT2D eigenvalue weighted by Crippen LogP contribution is 2.27. The molecular weight excluding hydrogens is 288 g/mol. The fourth-order valence-corrected chi connectivity index (χ4v) is 2.31. The second kappa shape index (κ2) is 5.80. The summed E-state index contributed by atoms with van der Waals surface area (Å²) in [4.78, 5) is 0. The fraction of sp³-hybridized carbons (Fsp3) is 0.308. The Kier molecular flexibility index (Phi) is 4.32. The van der Waals surface area contributed by atoms with Gasteiger partial charge in [-0.25, -0.2) is 4.39 Å². The summed E-state index contributed by atoms with van der Waals surface area (Å²) in [7, 11) is 0. The van der Waals surface area contributed by atoms with E-state index in [0.29, 0.717) is 23.1 Å². The number of nitrogens with zero attached hydrogens (tertiary/aromatic N) is 2. The van der Waals surface area contributed by atoms with Crippen LogP contribution in [0.15, 0.2) is 18.2 Å². The summed E-state index contributed by atoms with van der Waals surface area (Å²) < 4.78 is 15.4. The van der Waals surface area contributed by atoms with Crippen molar-refractivity contribution in [2.45, 2.75) is 26.9 Å². The molecule has 0 aliphatic rings. The van der Waals surface area contributed by atoms with Crippen LogP contribution in [-0.2, 0) is 13.1 Å². The highest BCUT2D eigenvalue weighted by Gasteiger charge is 2.13. The van der Waals surface area contributed by atoms with E-state index < -0.39 is 0 Å². The number of aryl methyl sites for hydroxylation is 2. The lowest BCUT2D eigenvalue weighted by Gasteiger charge is -2.10. The fourth-order valence-electron chi connectivity index (χ4n) is 1.88. The molecule has 0 saturated heterocycles. The maximum Gasteiger partial charge on any atom is 0.147 e. The molecule has 1 N–H and O–H groups in total. The first-order valence-electron chi connectivity index (χ1n) is 5.94. The zero-order valence-electron chi connectivity index (χ0n) is 10.7. The SMILES string of the molecule is CCn1nc(C)c(Cl)c1CNc1c(F)cccc1Cl. The third kappa shape index (κ3) is 2.85. The second-order valence-corrected chi connectivity index (χ2v) is 4.90. The summed E-state index contributed by atoms with van der Waals surface area (Å²) in [6, 6.07) is 4.56. The number of halogens is 3. The van der Waals surface area contributed by atoms with E-state index in [9.17, 15) is 4.39 Å². The maximum atomic E-state index is 13.6. The number of hydrogen-bond donors (Lipinski definition) is 1. The van der Waals surface area contributed by atoms with Gasteiger partial charge >= 0.3 is 0 Å². The highest BCUT2D eigenvalue weighted by molar-refractivity contribution is 6.33. The van der Waals surface area contributed by atoms with Crippen LogP contribution in [-0.4, -0.2) is 9.78 Å². The van der Waals surface area contributed by atoms with Crippen LogP contribution in [0, 0.1) is 12.7 Å². The number of anilines is 1. The number of benzene rings is 1. The van der Waals surface area contributed by atoms with Crippen molar-refractivity contribution in [1.29, 1.82) is 0 Å². The molecular formula is C13H14Cl2FN3. The summed E-state index contributed by atoms with van der Waals surface area (Å²) in [5.41, 5.74) is 1.86. The van der Waals surface area contributed by atoms with Crippen molar-refractivity contribution in [3.63, 3.8) is 0 Å². The second-order valence-electron chi connectivity index (χ2n) is 4.11. The van der Waals surface area contributed by atoms with Gasteiger partial charge in [0.15, 0.2) is 0 Å². The van der Waals surface area contributed by atoms with Crippen LogP contribution < -0.4 is 5.32 Å². The molecule has 1 heterocycles. The molecule has 0 saturated carbocycles. The van der Waals surface area contributed by atoms with Gasteiger partial charge in [-0.1, -0.05) is 29.3 Å². The Morgan fingerprint density at radius 2 is 2.11 bits per heavy atom. The van der Waals surface area contributed by atoms with Crippen molar-refractivity contribution >= 4 is 28.9 Å². The van der Waals surface area contributed by atoms with E-state index in [1.807, 2.05) is 13.8 Å². The normalized spacial score (nSPS) is 10.8. The molecule has 0 atom stereocenters. The van der Waals surface area contributed by atoms with Crippen LogP contribution in [0.5, 0.6) is 0 Å². The van der Waals surface area contributed by atoms with E-state index in [2.05, 4.69) is 10.4 Å². The summed E-state index contributed by atoms with van der Waals surface area (Å²) in [6.07, 6.45) is 0. The van der Waals surface area contributed by atoms with Crippen LogP contribution in [0.3, 0.4) is 0 Å². The molecule has 6 heteroatoms. The summed E-state index contributed by atoms with van der Waals surface area (Å²) in [6.45, 7) is 4.89. The molecule has 0 aliphatic heterocycles. The predicted octanol–water partition coefficient (Wildman–Crippen LogP) is 4.27. The Balaban J connectivity index is 2.24. The van der Waals surface area contributed by atoms with E-state index >= 15 is 0 Å². The van der Waals surface area contributed by atoms with Gasteiger partial charge in [0.1, 0.15) is 5.82 Å². The van der Waals surface area contributed by atoms with Gasteiger partial charge in [-0.2, -0.15) is 5.10 Å². The summed E-state index contributed by atoms with van der Waals surface area (Å²) >= 11 is 12.1. The molecule has 0 amide bonds. The third-order valence-electron chi connectivity index (χ3n) is 2.85. The van der Waals surface area contributed by atoms with Crippen molar-refractivity contribution in [1.82, 2.24) is 9.78 Å². The van der Waals surface area contributed by atoms with Crippen LogP contribution in [0.25, 0.3) is 0 Å². The first-order chi connectivity index (χ1) is 9.04. The molecule has 0 spiro atoms. The third-order valence-corrected chi connectivity index (χ3v) is 3.65. The first-order valence-corrected chi connectivity index (χ1v) is 6.69. The summed E-state index contributed by atoms with van der Waals surface area (Å²) in [5, 5.41) is 8.22. The molecule has 0 aliphatic carbocycles. The number of para-hydroxylation sites is 1. The van der Waals surface area contributed by atoms with E-state index in [1.54, 1.807) is 16.8 Å². The minimum absolute atomic E-state index is 0.279. The number of nitrogens with one attached hydrogen (secondary N) is 1. The first kappa shape index (κ1) is 14.2. The summed E-state index contributed by atoms with van der Waals surface area (Å²) in [5.74, 6) is -0.386. The van der Waals surface area contributed by atoms with E-state index in [1.165, 1.54) is 6.07 Å². The minimum atomic E-state index is -0.386. The molecule has 0 radical (unpaired) electrons. The minimum Gasteiger partial charge on any atom is -0.376 e. The molecule has 0 bridgehead atoms. The molecule has 1 aromatic carbocycles. The van der Waals surface area contributed by atoms with Crippen LogP contribution in [0.1, 0.15) is 18.3 Å². The molecule has 0 unspecified atom stereocenters. The molecule has 2 aromatic rings. The zero-order valence-corrected chi connectivity index (χ0v) is 12.2. The van der Waals surface area contributed by atoms with Gasteiger partial charge in [-0.15, -0.1) is 0 Å². The number of hydrogen-bond acceptors (Lipinski definition) is 2. The molecule has 2 rings (SSSR count). The van der Waals surface area contributed by atoms with Crippen molar-refractivity contribution < 1.29 is 4.39 Å². The van der Waals surface area contributed by atoms with Gasteiger partial charge in [0, 0.05) is 6.54 Å². The quantitative estimate of drug-likeness (QED) is 0.914. The monoisotopic (exact) mass is 301 g/mol. The maximum absolute atomic E-state index is 13.6. The van der Waals surface area contributed by atoms with E-state index in [-0.39, 0.29) is 11.5 Å². The largest absolute Gasteiger partial charge is 0.376 e. The Bertz CT molecular complexity index is 576. The smallest absolute Gasteiger partial charge is 0.147 e.